The summed E-state index contributed by atoms with van der Waals surface area (Å²) in [5, 5.41) is 25.1. The molecule has 0 spiro atoms. The summed E-state index contributed by atoms with van der Waals surface area (Å²) in [5.74, 6) is -0.205. The van der Waals surface area contributed by atoms with E-state index in [0.29, 0.717) is 22.3 Å². The van der Waals surface area contributed by atoms with Crippen LogP contribution in [0.1, 0.15) is 23.1 Å². The van der Waals surface area contributed by atoms with Gasteiger partial charge in [0.25, 0.3) is 0 Å². The van der Waals surface area contributed by atoms with Crippen molar-refractivity contribution in [3.05, 3.63) is 40.3 Å². The summed E-state index contributed by atoms with van der Waals surface area (Å²) in [7, 11) is 0. The van der Waals surface area contributed by atoms with Crippen LogP contribution in [0, 0.1) is 11.3 Å². The van der Waals surface area contributed by atoms with E-state index >= 15 is 0 Å². The van der Waals surface area contributed by atoms with E-state index in [2.05, 4.69) is 41.9 Å². The van der Waals surface area contributed by atoms with Gasteiger partial charge >= 0.3 is 5.97 Å². The maximum atomic E-state index is 11.6. The van der Waals surface area contributed by atoms with Gasteiger partial charge in [0.2, 0.25) is 5.82 Å². The molecule has 0 fully saturated rings. The standard InChI is InChI=1S/C13H11BrN6O2/c1-2-22-13(21)8-3-4-11(10(14)5-8)16-7-9(6-15)12-17-19-20-18-12/h3-5,7,16H,2H2,1H3,(H,17,18,19,20). The minimum Gasteiger partial charge on any atom is -0.462 e. The molecular weight excluding hydrogens is 352 g/mol. The largest absolute Gasteiger partial charge is 0.462 e. The lowest BCUT2D eigenvalue weighted by molar-refractivity contribution is 0.0526. The highest BCUT2D eigenvalue weighted by Gasteiger charge is 2.10. The topological polar surface area (TPSA) is 117 Å². The van der Waals surface area contributed by atoms with Gasteiger partial charge in [-0.15, -0.1) is 10.2 Å². The molecule has 9 heteroatoms. The number of carbonyl (C=O) groups excluding carboxylic acids is 1. The molecule has 0 amide bonds. The molecule has 0 bridgehead atoms. The fourth-order valence-corrected chi connectivity index (χ4v) is 2.04. The third-order valence-corrected chi connectivity index (χ3v) is 3.22. The van der Waals surface area contributed by atoms with Gasteiger partial charge < -0.3 is 10.1 Å². The summed E-state index contributed by atoms with van der Waals surface area (Å²) in [4.78, 5) is 11.6. The van der Waals surface area contributed by atoms with Crippen LogP contribution in [0.3, 0.4) is 0 Å². The average molecular weight is 363 g/mol. The third-order valence-electron chi connectivity index (χ3n) is 2.56. The predicted octanol–water partition coefficient (Wildman–Crippen LogP) is 2.12. The van der Waals surface area contributed by atoms with Crippen molar-refractivity contribution < 1.29 is 9.53 Å². The molecule has 0 aliphatic carbocycles. The van der Waals surface area contributed by atoms with E-state index in [1.165, 1.54) is 6.20 Å². The number of aromatic nitrogens is 4. The Balaban J connectivity index is 2.17. The van der Waals surface area contributed by atoms with Crippen LogP contribution in [0.5, 0.6) is 0 Å². The number of nitriles is 1. The molecular formula is C13H11BrN6O2. The average Bonchev–Trinajstić information content (AvgIpc) is 3.03. The zero-order valence-corrected chi connectivity index (χ0v) is 13.1. The first-order valence-electron chi connectivity index (χ1n) is 6.23. The lowest BCUT2D eigenvalue weighted by Crippen LogP contribution is -2.04. The number of hydrogen-bond acceptors (Lipinski definition) is 7. The Bertz CT molecular complexity index is 735. The number of benzene rings is 1. The smallest absolute Gasteiger partial charge is 0.338 e. The van der Waals surface area contributed by atoms with Crippen LogP contribution in [0.25, 0.3) is 5.57 Å². The fourth-order valence-electron chi connectivity index (χ4n) is 1.55. The van der Waals surface area contributed by atoms with Crippen molar-refractivity contribution in [2.24, 2.45) is 0 Å². The lowest BCUT2D eigenvalue weighted by Gasteiger charge is -2.07. The Hall–Kier alpha value is -2.73. The van der Waals surface area contributed by atoms with E-state index in [1.807, 2.05) is 6.07 Å². The van der Waals surface area contributed by atoms with Crippen molar-refractivity contribution >= 4 is 33.2 Å². The van der Waals surface area contributed by atoms with E-state index in [-0.39, 0.29) is 11.4 Å². The number of anilines is 1. The Morgan fingerprint density at radius 3 is 3.00 bits per heavy atom. The number of aromatic amines is 1. The van der Waals surface area contributed by atoms with E-state index in [0.717, 1.165) is 0 Å². The van der Waals surface area contributed by atoms with Gasteiger partial charge in [0.05, 0.1) is 17.9 Å². The lowest BCUT2D eigenvalue weighted by atomic mass is 10.2. The number of ether oxygens (including phenoxy) is 1. The molecule has 0 radical (unpaired) electrons. The summed E-state index contributed by atoms with van der Waals surface area (Å²) in [6.45, 7) is 2.06. The summed E-state index contributed by atoms with van der Waals surface area (Å²) >= 11 is 3.36. The number of nitrogens with one attached hydrogen (secondary N) is 2. The second-order valence-electron chi connectivity index (χ2n) is 3.96. The SMILES string of the molecule is CCOC(=O)c1ccc(NC=C(C#N)c2nn[nH]n2)c(Br)c1. The zero-order chi connectivity index (χ0) is 15.9. The van der Waals surface area contributed by atoms with Crippen molar-refractivity contribution in [3.8, 4) is 6.07 Å². The summed E-state index contributed by atoms with van der Waals surface area (Å²) < 4.78 is 5.58. The molecule has 2 aromatic rings. The van der Waals surface area contributed by atoms with Crippen molar-refractivity contribution in [2.45, 2.75) is 6.92 Å². The number of allylic oxidation sites excluding steroid dienone is 1. The molecule has 1 heterocycles. The fraction of sp³-hybridized carbons (Fsp3) is 0.154. The van der Waals surface area contributed by atoms with Crippen LogP contribution < -0.4 is 5.32 Å². The van der Waals surface area contributed by atoms with Crippen molar-refractivity contribution in [1.82, 2.24) is 20.6 Å². The minimum absolute atomic E-state index is 0.189. The summed E-state index contributed by atoms with van der Waals surface area (Å²) in [6, 6.07) is 6.92. The molecule has 0 saturated carbocycles. The normalized spacial score (nSPS) is 10.9. The van der Waals surface area contributed by atoms with Crippen LogP contribution in [0.2, 0.25) is 0 Å². The molecule has 112 valence electrons. The second-order valence-corrected chi connectivity index (χ2v) is 4.82. The van der Waals surface area contributed by atoms with Crippen LogP contribution in [0.4, 0.5) is 5.69 Å². The van der Waals surface area contributed by atoms with Crippen LogP contribution in [-0.4, -0.2) is 33.2 Å². The highest BCUT2D eigenvalue weighted by Crippen LogP contribution is 2.24. The van der Waals surface area contributed by atoms with Gasteiger partial charge in [-0.05, 0) is 46.3 Å². The first-order chi connectivity index (χ1) is 10.7. The molecule has 1 aromatic carbocycles. The number of tetrazole rings is 1. The van der Waals surface area contributed by atoms with Crippen molar-refractivity contribution in [2.75, 3.05) is 11.9 Å². The second kappa shape index (κ2) is 7.33. The minimum atomic E-state index is -0.394. The van der Waals surface area contributed by atoms with E-state index in [1.54, 1.807) is 25.1 Å². The van der Waals surface area contributed by atoms with E-state index < -0.39 is 5.97 Å². The molecule has 0 unspecified atom stereocenters. The van der Waals surface area contributed by atoms with Gasteiger partial charge in [-0.1, -0.05) is 0 Å². The molecule has 0 atom stereocenters. The molecule has 0 saturated heterocycles. The number of hydrogen-bond donors (Lipinski definition) is 2. The number of H-pyrrole nitrogens is 1. The zero-order valence-electron chi connectivity index (χ0n) is 11.5. The Kier molecular flexibility index (Phi) is 5.21. The maximum Gasteiger partial charge on any atom is 0.338 e. The Labute approximate surface area is 134 Å². The van der Waals surface area contributed by atoms with Gasteiger partial charge in [-0.3, -0.25) is 0 Å². The molecule has 0 aliphatic rings. The predicted molar refractivity (Wildman–Crippen MR) is 81.5 cm³/mol. The monoisotopic (exact) mass is 362 g/mol. The van der Waals surface area contributed by atoms with Crippen LogP contribution >= 0.6 is 15.9 Å². The molecule has 2 N–H and O–H groups in total. The molecule has 22 heavy (non-hydrogen) atoms. The number of rotatable bonds is 5. The summed E-state index contributed by atoms with van der Waals surface area (Å²) in [5.41, 5.74) is 1.32. The summed E-state index contributed by atoms with van der Waals surface area (Å²) in [6.07, 6.45) is 1.45. The van der Waals surface area contributed by atoms with Gasteiger partial charge in [-0.2, -0.15) is 10.5 Å². The number of carbonyl (C=O) groups is 1. The number of esters is 1. The number of nitrogens with zero attached hydrogens (tertiary/aromatic N) is 4. The van der Waals surface area contributed by atoms with Crippen LogP contribution in [0.15, 0.2) is 28.9 Å². The maximum absolute atomic E-state index is 11.6. The van der Waals surface area contributed by atoms with Crippen molar-refractivity contribution in [1.29, 1.82) is 5.26 Å². The third kappa shape index (κ3) is 3.67. The van der Waals surface area contributed by atoms with E-state index in [4.69, 9.17) is 10.00 Å². The quantitative estimate of drug-likeness (QED) is 0.617. The first-order valence-corrected chi connectivity index (χ1v) is 7.02. The van der Waals surface area contributed by atoms with Crippen LogP contribution in [-0.2, 0) is 4.74 Å². The van der Waals surface area contributed by atoms with Gasteiger partial charge in [0.1, 0.15) is 11.6 Å². The Morgan fingerprint density at radius 1 is 1.59 bits per heavy atom. The molecule has 1 aromatic heterocycles. The van der Waals surface area contributed by atoms with Gasteiger partial charge in [-0.25, -0.2) is 4.79 Å². The molecule has 8 nitrogen and oxygen atoms in total. The first kappa shape index (κ1) is 15.7. The van der Waals surface area contributed by atoms with Crippen molar-refractivity contribution in [3.63, 3.8) is 0 Å². The number of halogens is 1. The van der Waals surface area contributed by atoms with E-state index in [9.17, 15) is 4.79 Å². The Morgan fingerprint density at radius 2 is 2.41 bits per heavy atom. The van der Waals surface area contributed by atoms with Gasteiger partial charge in [0.15, 0.2) is 0 Å². The highest BCUT2D eigenvalue weighted by molar-refractivity contribution is 9.10. The molecule has 0 aliphatic heterocycles. The van der Waals surface area contributed by atoms with Gasteiger partial charge in [0, 0.05) is 10.7 Å². The highest BCUT2D eigenvalue weighted by atomic mass is 79.9. The molecule has 2 rings (SSSR count).